The molecule has 9 nitrogen and oxygen atoms in total. The number of hydrogen-bond acceptors (Lipinski definition) is 7. The van der Waals surface area contributed by atoms with Crippen LogP contribution in [0.2, 0.25) is 0 Å². The highest BCUT2D eigenvalue weighted by atomic mass is 79.9. The van der Waals surface area contributed by atoms with Gasteiger partial charge in [0.1, 0.15) is 22.6 Å². The summed E-state index contributed by atoms with van der Waals surface area (Å²) in [5.41, 5.74) is 2.48. The molecule has 0 aliphatic rings. The molecular weight excluding hydrogens is 516 g/mol. The van der Waals surface area contributed by atoms with Gasteiger partial charge in [-0.15, -0.1) is 0 Å². The fourth-order valence-corrected chi connectivity index (χ4v) is 4.12. The number of fused-ring (bicyclic) bond motifs is 2. The average Bonchev–Trinajstić information content (AvgIpc) is 3.43. The zero-order valence-electron chi connectivity index (χ0n) is 18.7. The van der Waals surface area contributed by atoms with E-state index in [2.05, 4.69) is 21.2 Å². The minimum atomic E-state index is -0.647. The highest BCUT2D eigenvalue weighted by Crippen LogP contribution is 2.37. The third-order valence-corrected chi connectivity index (χ3v) is 5.72. The van der Waals surface area contributed by atoms with Gasteiger partial charge in [0.25, 0.3) is 5.91 Å². The number of halogens is 1. The van der Waals surface area contributed by atoms with Crippen LogP contribution in [0.5, 0.6) is 5.75 Å². The summed E-state index contributed by atoms with van der Waals surface area (Å²) >= 11 is 3.20. The Balaban J connectivity index is 1.86. The van der Waals surface area contributed by atoms with Gasteiger partial charge >= 0.3 is 5.97 Å². The molecule has 0 saturated heterocycles. The summed E-state index contributed by atoms with van der Waals surface area (Å²) in [7, 11) is 1.54. The van der Waals surface area contributed by atoms with Crippen LogP contribution in [0.25, 0.3) is 27.9 Å². The van der Waals surface area contributed by atoms with E-state index < -0.39 is 11.9 Å². The smallest absolute Gasteiger partial charge is 0.344 e. The van der Waals surface area contributed by atoms with Crippen LogP contribution < -0.4 is 10.1 Å². The molecule has 0 aliphatic carbocycles. The largest absolute Gasteiger partial charge is 0.495 e. The number of aromatic nitrogens is 3. The maximum atomic E-state index is 13.2. The molecule has 0 spiro atoms. The number of carbonyl (C=O) groups is 2. The van der Waals surface area contributed by atoms with Crippen molar-refractivity contribution in [3.8, 4) is 11.4 Å². The maximum absolute atomic E-state index is 13.2. The molecule has 0 fully saturated rings. The van der Waals surface area contributed by atoms with Crippen LogP contribution in [-0.2, 0) is 4.74 Å². The molecule has 0 radical (unpaired) electrons. The molecular formula is C25H19BrN4O5. The van der Waals surface area contributed by atoms with Gasteiger partial charge in [-0.25, -0.2) is 14.8 Å². The standard InChI is InChI=1S/C25H19BrN4O5/c1-3-34-25(32)20-21-23(28-15-9-5-4-8-14(15)27-21)30(16-10-6-7-11-17(16)33-2)22(20)29-24(31)18-12-13-19(26)35-18/h4-13H,3H2,1-2H3,(H,29,31). The van der Waals surface area contributed by atoms with Crippen molar-refractivity contribution in [2.24, 2.45) is 0 Å². The molecule has 10 heteroatoms. The van der Waals surface area contributed by atoms with Crippen molar-refractivity contribution in [1.82, 2.24) is 14.5 Å². The number of nitrogens with one attached hydrogen (secondary N) is 1. The number of esters is 1. The second-order valence-electron chi connectivity index (χ2n) is 7.39. The van der Waals surface area contributed by atoms with E-state index in [1.165, 1.54) is 13.2 Å². The first-order chi connectivity index (χ1) is 17.0. The normalized spacial score (nSPS) is 11.1. The highest BCUT2D eigenvalue weighted by Gasteiger charge is 2.30. The van der Waals surface area contributed by atoms with Gasteiger partial charge in [0, 0.05) is 0 Å². The Labute approximate surface area is 207 Å². The van der Waals surface area contributed by atoms with E-state index in [0.717, 1.165) is 0 Å². The van der Waals surface area contributed by atoms with Gasteiger partial charge < -0.3 is 19.2 Å². The van der Waals surface area contributed by atoms with Crippen molar-refractivity contribution in [3.05, 3.63) is 76.7 Å². The van der Waals surface area contributed by atoms with Crippen molar-refractivity contribution in [3.63, 3.8) is 0 Å². The van der Waals surface area contributed by atoms with Crippen molar-refractivity contribution >= 4 is 55.8 Å². The van der Waals surface area contributed by atoms with E-state index >= 15 is 0 Å². The molecule has 0 unspecified atom stereocenters. The molecule has 1 N–H and O–H groups in total. The number of para-hydroxylation sites is 4. The predicted octanol–water partition coefficient (Wildman–Crippen LogP) is 5.37. The van der Waals surface area contributed by atoms with Crippen molar-refractivity contribution in [2.75, 3.05) is 19.0 Å². The molecule has 3 heterocycles. The molecule has 1 amide bonds. The summed E-state index contributed by atoms with van der Waals surface area (Å²) in [4.78, 5) is 35.9. The van der Waals surface area contributed by atoms with Crippen LogP contribution in [0.15, 0.2) is 69.8 Å². The van der Waals surface area contributed by atoms with Crippen LogP contribution in [-0.4, -0.2) is 40.1 Å². The highest BCUT2D eigenvalue weighted by molar-refractivity contribution is 9.10. The number of anilines is 1. The molecule has 2 aromatic carbocycles. The van der Waals surface area contributed by atoms with E-state index in [1.54, 1.807) is 35.8 Å². The summed E-state index contributed by atoms with van der Waals surface area (Å²) in [6, 6.07) is 17.6. The monoisotopic (exact) mass is 534 g/mol. The minimum absolute atomic E-state index is 0.0506. The van der Waals surface area contributed by atoms with E-state index in [-0.39, 0.29) is 29.3 Å². The Kier molecular flexibility index (Phi) is 5.96. The number of amides is 1. The Bertz CT molecular complexity index is 1590. The van der Waals surface area contributed by atoms with Crippen LogP contribution in [0.3, 0.4) is 0 Å². The van der Waals surface area contributed by atoms with Crippen molar-refractivity contribution in [1.29, 1.82) is 0 Å². The van der Waals surface area contributed by atoms with Gasteiger partial charge in [0.05, 0.1) is 30.4 Å². The van der Waals surface area contributed by atoms with Crippen LogP contribution in [0, 0.1) is 0 Å². The lowest BCUT2D eigenvalue weighted by atomic mass is 10.2. The minimum Gasteiger partial charge on any atom is -0.495 e. The molecule has 3 aromatic heterocycles. The maximum Gasteiger partial charge on any atom is 0.344 e. The number of nitrogens with zero attached hydrogens (tertiary/aromatic N) is 3. The van der Waals surface area contributed by atoms with Crippen molar-refractivity contribution < 1.29 is 23.5 Å². The van der Waals surface area contributed by atoms with Gasteiger partial charge in [-0.05, 0) is 59.3 Å². The first-order valence-electron chi connectivity index (χ1n) is 10.7. The lowest BCUT2D eigenvalue weighted by Gasteiger charge is -2.15. The Hall–Kier alpha value is -4.18. The number of furan rings is 1. The van der Waals surface area contributed by atoms with E-state index in [9.17, 15) is 9.59 Å². The summed E-state index contributed by atoms with van der Waals surface area (Å²) < 4.78 is 18.4. The SMILES string of the molecule is CCOC(=O)c1c(NC(=O)c2ccc(Br)o2)n(-c2ccccc2OC)c2nc3ccccc3nc12. The van der Waals surface area contributed by atoms with Gasteiger partial charge in [-0.1, -0.05) is 24.3 Å². The second kappa shape index (κ2) is 9.22. The Morgan fingerprint density at radius 3 is 2.43 bits per heavy atom. The number of benzene rings is 2. The van der Waals surface area contributed by atoms with Crippen molar-refractivity contribution in [2.45, 2.75) is 6.92 Å². The zero-order valence-corrected chi connectivity index (χ0v) is 20.3. The van der Waals surface area contributed by atoms with Gasteiger partial charge in [0.2, 0.25) is 0 Å². The van der Waals surface area contributed by atoms with Gasteiger partial charge in [-0.3, -0.25) is 9.36 Å². The van der Waals surface area contributed by atoms with Crippen LogP contribution in [0.1, 0.15) is 27.8 Å². The number of ether oxygens (including phenoxy) is 2. The van der Waals surface area contributed by atoms with Gasteiger partial charge in [0.15, 0.2) is 16.1 Å². The number of carbonyl (C=O) groups excluding carboxylic acids is 2. The summed E-state index contributed by atoms with van der Waals surface area (Å²) in [6.45, 7) is 1.84. The quantitative estimate of drug-likeness (QED) is 0.292. The van der Waals surface area contributed by atoms with E-state index in [1.807, 2.05) is 30.3 Å². The second-order valence-corrected chi connectivity index (χ2v) is 8.18. The molecule has 0 saturated carbocycles. The topological polar surface area (TPSA) is 108 Å². The Morgan fingerprint density at radius 2 is 1.74 bits per heavy atom. The molecule has 176 valence electrons. The first-order valence-corrected chi connectivity index (χ1v) is 11.5. The third kappa shape index (κ3) is 4.01. The molecule has 5 aromatic rings. The summed E-state index contributed by atoms with van der Waals surface area (Å²) in [5.74, 6) is -0.521. The lowest BCUT2D eigenvalue weighted by Crippen LogP contribution is -2.17. The van der Waals surface area contributed by atoms with E-state index in [4.69, 9.17) is 23.9 Å². The zero-order chi connectivity index (χ0) is 24.5. The lowest BCUT2D eigenvalue weighted by molar-refractivity contribution is 0.0529. The predicted molar refractivity (Wildman–Crippen MR) is 133 cm³/mol. The average molecular weight is 535 g/mol. The third-order valence-electron chi connectivity index (χ3n) is 5.30. The Morgan fingerprint density at radius 1 is 1.03 bits per heavy atom. The van der Waals surface area contributed by atoms with E-state index in [0.29, 0.717) is 32.8 Å². The number of methoxy groups -OCH3 is 1. The number of hydrogen-bond donors (Lipinski definition) is 1. The van der Waals surface area contributed by atoms with Crippen LogP contribution in [0.4, 0.5) is 5.82 Å². The fourth-order valence-electron chi connectivity index (χ4n) is 3.81. The van der Waals surface area contributed by atoms with Gasteiger partial charge in [-0.2, -0.15) is 0 Å². The summed E-state index contributed by atoms with van der Waals surface area (Å²) in [5, 5.41) is 2.81. The molecule has 0 aliphatic heterocycles. The van der Waals surface area contributed by atoms with Crippen LogP contribution >= 0.6 is 15.9 Å². The first kappa shape index (κ1) is 22.6. The molecule has 5 rings (SSSR count). The molecule has 0 atom stereocenters. The fraction of sp³-hybridized carbons (Fsp3) is 0.120. The number of rotatable bonds is 6. The summed E-state index contributed by atoms with van der Waals surface area (Å²) in [6.07, 6.45) is 0. The molecule has 35 heavy (non-hydrogen) atoms. The molecule has 0 bridgehead atoms.